The quantitative estimate of drug-likeness (QED) is 0.729. The molecule has 3 aromatic rings. The molecule has 1 N–H and O–H groups in total. The van der Waals surface area contributed by atoms with Gasteiger partial charge in [-0.15, -0.1) is 10.2 Å². The van der Waals surface area contributed by atoms with Crippen LogP contribution in [0.3, 0.4) is 0 Å². The second kappa shape index (κ2) is 8.14. The number of nitrogens with zero attached hydrogens (tertiary/aromatic N) is 3. The van der Waals surface area contributed by atoms with Crippen LogP contribution in [0.5, 0.6) is 0 Å². The first-order chi connectivity index (χ1) is 13.3. The molecule has 2 heterocycles. The van der Waals surface area contributed by atoms with Gasteiger partial charge in [-0.1, -0.05) is 24.3 Å². The predicted molar refractivity (Wildman–Crippen MR) is 102 cm³/mol. The standard InChI is InChI=1S/C21H22N4O2/c26-20(18-7-9-19(10-8-18)21-24-23-15-27-21)22-13-16-3-5-17(6-4-16)14-25-11-1-2-12-25/h3-10,15H,1-2,11-14H2,(H,22,26). The third-order valence-corrected chi connectivity index (χ3v) is 4.83. The van der Waals surface area contributed by atoms with E-state index in [0.717, 1.165) is 17.7 Å². The third-order valence-electron chi connectivity index (χ3n) is 4.83. The summed E-state index contributed by atoms with van der Waals surface area (Å²) in [5, 5.41) is 10.5. The van der Waals surface area contributed by atoms with Crippen LogP contribution in [0.15, 0.2) is 59.3 Å². The minimum atomic E-state index is -0.103. The summed E-state index contributed by atoms with van der Waals surface area (Å²) in [6.07, 6.45) is 3.90. The minimum absolute atomic E-state index is 0.103. The number of rotatable bonds is 6. The Balaban J connectivity index is 1.30. The largest absolute Gasteiger partial charge is 0.423 e. The number of carbonyl (C=O) groups excluding carboxylic acids is 1. The van der Waals surface area contributed by atoms with Crippen LogP contribution >= 0.6 is 0 Å². The molecule has 1 aromatic heterocycles. The van der Waals surface area contributed by atoms with Crippen LogP contribution in [0, 0.1) is 0 Å². The van der Waals surface area contributed by atoms with Crippen LogP contribution in [-0.4, -0.2) is 34.1 Å². The van der Waals surface area contributed by atoms with Crippen molar-refractivity contribution in [3.8, 4) is 11.5 Å². The molecular formula is C21H22N4O2. The molecule has 4 rings (SSSR count). The Morgan fingerprint density at radius 1 is 1.00 bits per heavy atom. The molecule has 6 heteroatoms. The van der Waals surface area contributed by atoms with Crippen molar-refractivity contribution in [3.05, 3.63) is 71.6 Å². The summed E-state index contributed by atoms with van der Waals surface area (Å²) in [7, 11) is 0. The van der Waals surface area contributed by atoms with Gasteiger partial charge in [0.1, 0.15) is 0 Å². The summed E-state index contributed by atoms with van der Waals surface area (Å²) in [5.74, 6) is 0.337. The Bertz CT molecular complexity index is 868. The number of carbonyl (C=O) groups is 1. The van der Waals surface area contributed by atoms with Crippen LogP contribution in [-0.2, 0) is 13.1 Å². The Hall–Kier alpha value is -2.99. The lowest BCUT2D eigenvalue weighted by atomic mass is 10.1. The summed E-state index contributed by atoms with van der Waals surface area (Å²) >= 11 is 0. The molecule has 1 amide bonds. The Morgan fingerprint density at radius 3 is 2.37 bits per heavy atom. The van der Waals surface area contributed by atoms with Crippen LogP contribution in [0.25, 0.3) is 11.5 Å². The molecule has 1 aliphatic heterocycles. The third kappa shape index (κ3) is 4.41. The van der Waals surface area contributed by atoms with Gasteiger partial charge in [0.15, 0.2) is 0 Å². The van der Waals surface area contributed by atoms with E-state index in [1.165, 1.54) is 37.9 Å². The van der Waals surface area contributed by atoms with E-state index in [9.17, 15) is 4.79 Å². The molecule has 138 valence electrons. The zero-order valence-corrected chi connectivity index (χ0v) is 15.1. The maximum absolute atomic E-state index is 12.3. The van der Waals surface area contributed by atoms with Gasteiger partial charge in [-0.2, -0.15) is 0 Å². The number of likely N-dealkylation sites (tertiary alicyclic amines) is 1. The van der Waals surface area contributed by atoms with Gasteiger partial charge in [0.05, 0.1) is 0 Å². The molecule has 1 aliphatic rings. The van der Waals surface area contributed by atoms with Crippen LogP contribution in [0.4, 0.5) is 0 Å². The van der Waals surface area contributed by atoms with Crippen molar-refractivity contribution in [1.82, 2.24) is 20.4 Å². The Kier molecular flexibility index (Phi) is 5.25. The Morgan fingerprint density at radius 2 is 1.70 bits per heavy atom. The van der Waals surface area contributed by atoms with Gasteiger partial charge in [-0.3, -0.25) is 9.69 Å². The van der Waals surface area contributed by atoms with E-state index in [0.29, 0.717) is 18.0 Å². The molecule has 0 aliphatic carbocycles. The van der Waals surface area contributed by atoms with Crippen molar-refractivity contribution in [2.45, 2.75) is 25.9 Å². The Labute approximate surface area is 158 Å². The van der Waals surface area contributed by atoms with Crippen LogP contribution < -0.4 is 5.32 Å². The molecule has 0 spiro atoms. The van der Waals surface area contributed by atoms with Crippen LogP contribution in [0.2, 0.25) is 0 Å². The van der Waals surface area contributed by atoms with E-state index in [-0.39, 0.29) is 5.91 Å². The van der Waals surface area contributed by atoms with Gasteiger partial charge < -0.3 is 9.73 Å². The van der Waals surface area contributed by atoms with E-state index in [1.807, 2.05) is 0 Å². The smallest absolute Gasteiger partial charge is 0.251 e. The van der Waals surface area contributed by atoms with Crippen molar-refractivity contribution >= 4 is 5.91 Å². The first-order valence-corrected chi connectivity index (χ1v) is 9.23. The van der Waals surface area contributed by atoms with Crippen molar-refractivity contribution in [2.75, 3.05) is 13.1 Å². The highest BCUT2D eigenvalue weighted by Gasteiger charge is 2.12. The summed E-state index contributed by atoms with van der Waals surface area (Å²) in [5.41, 5.74) is 3.81. The first-order valence-electron chi connectivity index (χ1n) is 9.23. The normalized spacial score (nSPS) is 14.4. The lowest BCUT2D eigenvalue weighted by Gasteiger charge is -2.14. The second-order valence-electron chi connectivity index (χ2n) is 6.80. The van der Waals surface area contributed by atoms with Crippen molar-refractivity contribution in [3.63, 3.8) is 0 Å². The summed E-state index contributed by atoms with van der Waals surface area (Å²) in [4.78, 5) is 14.8. The van der Waals surface area contributed by atoms with Crippen LogP contribution in [0.1, 0.15) is 34.3 Å². The van der Waals surface area contributed by atoms with Gasteiger partial charge in [0.2, 0.25) is 12.3 Å². The highest BCUT2D eigenvalue weighted by Crippen LogP contribution is 2.17. The molecule has 27 heavy (non-hydrogen) atoms. The number of hydrogen-bond donors (Lipinski definition) is 1. The van der Waals surface area contributed by atoms with Gasteiger partial charge in [-0.05, 0) is 61.3 Å². The fourth-order valence-electron chi connectivity index (χ4n) is 3.31. The summed E-state index contributed by atoms with van der Waals surface area (Å²) in [6, 6.07) is 15.6. The number of amides is 1. The molecule has 0 atom stereocenters. The average Bonchev–Trinajstić information content (AvgIpc) is 3.42. The first kappa shape index (κ1) is 17.4. The van der Waals surface area contributed by atoms with Gasteiger partial charge in [-0.25, -0.2) is 0 Å². The molecular weight excluding hydrogens is 340 g/mol. The highest BCUT2D eigenvalue weighted by molar-refractivity contribution is 5.94. The number of benzene rings is 2. The number of aromatic nitrogens is 2. The van der Waals surface area contributed by atoms with Gasteiger partial charge >= 0.3 is 0 Å². The van der Waals surface area contributed by atoms with Crippen molar-refractivity contribution in [1.29, 1.82) is 0 Å². The SMILES string of the molecule is O=C(NCc1ccc(CN2CCCC2)cc1)c1ccc(-c2nnco2)cc1. The topological polar surface area (TPSA) is 71.3 Å². The molecule has 0 saturated carbocycles. The molecule has 0 unspecified atom stereocenters. The van der Waals surface area contributed by atoms with E-state index in [4.69, 9.17) is 4.42 Å². The molecule has 6 nitrogen and oxygen atoms in total. The monoisotopic (exact) mass is 362 g/mol. The van der Waals surface area contributed by atoms with Crippen molar-refractivity contribution < 1.29 is 9.21 Å². The van der Waals surface area contributed by atoms with Gasteiger partial charge in [0, 0.05) is 24.2 Å². The second-order valence-corrected chi connectivity index (χ2v) is 6.80. The van der Waals surface area contributed by atoms with E-state index in [1.54, 1.807) is 24.3 Å². The van der Waals surface area contributed by atoms with E-state index < -0.39 is 0 Å². The molecule has 2 aromatic carbocycles. The summed E-state index contributed by atoms with van der Waals surface area (Å²) in [6.45, 7) is 3.92. The fraction of sp³-hybridized carbons (Fsp3) is 0.286. The maximum Gasteiger partial charge on any atom is 0.251 e. The lowest BCUT2D eigenvalue weighted by molar-refractivity contribution is 0.0951. The fourth-order valence-corrected chi connectivity index (χ4v) is 3.31. The molecule has 1 saturated heterocycles. The summed E-state index contributed by atoms with van der Waals surface area (Å²) < 4.78 is 5.15. The molecule has 1 fully saturated rings. The highest BCUT2D eigenvalue weighted by atomic mass is 16.4. The molecule has 0 radical (unpaired) electrons. The van der Waals surface area contributed by atoms with Gasteiger partial charge in [0.25, 0.3) is 5.91 Å². The minimum Gasteiger partial charge on any atom is -0.423 e. The van der Waals surface area contributed by atoms with Crippen molar-refractivity contribution in [2.24, 2.45) is 0 Å². The number of nitrogens with one attached hydrogen (secondary N) is 1. The molecule has 0 bridgehead atoms. The zero-order valence-electron chi connectivity index (χ0n) is 15.1. The average molecular weight is 362 g/mol. The van der Waals surface area contributed by atoms with E-state index in [2.05, 4.69) is 44.7 Å². The zero-order chi connectivity index (χ0) is 18.5. The maximum atomic E-state index is 12.3. The number of hydrogen-bond acceptors (Lipinski definition) is 5. The lowest BCUT2D eigenvalue weighted by Crippen LogP contribution is -2.22. The van der Waals surface area contributed by atoms with E-state index >= 15 is 0 Å². The predicted octanol–water partition coefficient (Wildman–Crippen LogP) is 3.26.